The van der Waals surface area contributed by atoms with E-state index in [9.17, 15) is 19.6 Å². The van der Waals surface area contributed by atoms with Gasteiger partial charge in [-0.1, -0.05) is 191 Å². The van der Waals surface area contributed by atoms with Crippen molar-refractivity contribution in [2.45, 2.75) is 18.9 Å². The van der Waals surface area contributed by atoms with Gasteiger partial charge >= 0.3 is 60.1 Å². The Bertz CT molecular complexity index is 2650. The number of rotatable bonds is 10. The van der Waals surface area contributed by atoms with Crippen LogP contribution >= 0.6 is 28.7 Å². The van der Waals surface area contributed by atoms with Crippen LogP contribution in [0.25, 0.3) is 4.85 Å². The molecule has 6 aromatic carbocycles. The summed E-state index contributed by atoms with van der Waals surface area (Å²) in [5.74, 6) is -0.603. The van der Waals surface area contributed by atoms with E-state index in [4.69, 9.17) is 27.2 Å². The number of thiol groups is 1. The molecule has 0 spiro atoms. The summed E-state index contributed by atoms with van der Waals surface area (Å²) in [6.07, 6.45) is 0. The minimum Gasteiger partial charge on any atom is -0.691 e. The molecule has 0 aliphatic rings. The van der Waals surface area contributed by atoms with Gasteiger partial charge in [0.05, 0.1) is 0 Å². The van der Waals surface area contributed by atoms with E-state index in [2.05, 4.69) is 55.8 Å². The van der Waals surface area contributed by atoms with Crippen molar-refractivity contribution in [3.8, 4) is 18.2 Å². The molecule has 0 amide bonds. The number of amidine groups is 1. The Labute approximate surface area is 409 Å². The fourth-order valence-corrected chi connectivity index (χ4v) is 5.58. The third-order valence-corrected chi connectivity index (χ3v) is 8.65. The summed E-state index contributed by atoms with van der Waals surface area (Å²) in [4.78, 5) is 44.2. The normalized spacial score (nSPS) is 9.19. The van der Waals surface area contributed by atoms with E-state index in [1.807, 2.05) is 122 Å². The summed E-state index contributed by atoms with van der Waals surface area (Å²) in [6, 6.07) is 54.4. The number of nitrogens with zero attached hydrogens (tertiary/aromatic N) is 7. The predicted molar refractivity (Wildman–Crippen MR) is 250 cm³/mol. The first-order valence-corrected chi connectivity index (χ1v) is 19.7. The number of hydrogen-bond acceptors (Lipinski definition) is 12. The predicted octanol–water partition coefficient (Wildman–Crippen LogP) is 7.39. The van der Waals surface area contributed by atoms with Crippen molar-refractivity contribution in [1.82, 2.24) is 0 Å². The standard InChI is InChI=1S/C17H11N3O2.C14H11BrO.C14H12O.C3HN3O.BHNS.Na/c18-10-15(11-19)20-22-12-14-8-4-5-9-16(14)17(21)13-6-2-1-3-7-13;15-10-12-8-4-5-9-13(12)14(16)11-6-2-1-3-7-11;1-11-7-5-6-10-13(11)14(15)12-8-3-2-4-9-12;1-5-3(2-4)6-7;1-2-3;/h1-9H,12H2;1-9H,10H2;2-10H,1H3;7H;3H;/q;;;;;+1/p-1/b;;;6-3+;;. The molecular weight excluding hydrogens is 900 g/mol. The molecule has 0 heterocycles. The molecule has 0 N–H and O–H groups in total. The second-order valence-electron chi connectivity index (χ2n) is 12.0. The molecule has 0 bridgehead atoms. The Hall–Kier alpha value is -7.08. The summed E-state index contributed by atoms with van der Waals surface area (Å²) < 4.78 is 2.69. The van der Waals surface area contributed by atoms with Crippen LogP contribution in [-0.2, 0) is 16.8 Å². The first kappa shape index (κ1) is 54.9. The average Bonchev–Trinajstić information content (AvgIpc) is 3.34. The topological polar surface area (TPSA) is 196 Å². The number of carbonyl (C=O) groups excluding carboxylic acids is 3. The van der Waals surface area contributed by atoms with E-state index in [0.717, 1.165) is 33.4 Å². The molecule has 0 aliphatic carbocycles. The maximum atomic E-state index is 12.5. The average molecular weight is 936 g/mol. The van der Waals surface area contributed by atoms with Crippen LogP contribution in [0.5, 0.6) is 0 Å². The molecule has 6 rings (SSSR count). The Morgan fingerprint density at radius 1 is 0.656 bits per heavy atom. The van der Waals surface area contributed by atoms with Gasteiger partial charge in [-0.25, -0.2) is 5.26 Å². The summed E-state index contributed by atoms with van der Waals surface area (Å²) in [5, 5.41) is 40.3. The molecule has 0 fully saturated rings. The van der Waals surface area contributed by atoms with Crippen LogP contribution in [0.1, 0.15) is 64.5 Å². The summed E-state index contributed by atoms with van der Waals surface area (Å²) >= 11 is 6.59. The monoisotopic (exact) mass is 934 g/mol. The number of hydrogen-bond donors (Lipinski definition) is 1. The minimum absolute atomic E-state index is 0. The number of ketones is 3. The van der Waals surface area contributed by atoms with Crippen molar-refractivity contribution in [3.63, 3.8) is 0 Å². The first-order valence-electron chi connectivity index (χ1n) is 18.2. The van der Waals surface area contributed by atoms with E-state index >= 15 is 0 Å². The Kier molecular flexibility index (Phi) is 28.0. The molecule has 16 heteroatoms. The Morgan fingerprint density at radius 3 is 1.38 bits per heavy atom. The number of oxime groups is 1. The van der Waals surface area contributed by atoms with Crippen LogP contribution in [0, 0.1) is 52.7 Å². The molecule has 0 atom stereocenters. The quantitative estimate of drug-likeness (QED) is 0.0215. The molecular formula is C48H35BBrN7NaO5S. The maximum absolute atomic E-state index is 12.5. The summed E-state index contributed by atoms with van der Waals surface area (Å²) in [5.41, 5.74) is 6.41. The number of benzene rings is 6. The van der Waals surface area contributed by atoms with Crippen molar-refractivity contribution in [1.29, 1.82) is 15.8 Å². The van der Waals surface area contributed by atoms with Crippen LogP contribution in [0.15, 0.2) is 178 Å². The smallest absolute Gasteiger partial charge is 0.691 e. The van der Waals surface area contributed by atoms with Gasteiger partial charge in [0.15, 0.2) is 17.3 Å². The van der Waals surface area contributed by atoms with Crippen LogP contribution in [0.4, 0.5) is 0 Å². The first-order chi connectivity index (χ1) is 30.6. The SMILES string of the molecule is Cc1ccccc1C(=O)c1ccccc1.N#CC(C#N)=NOCc1ccccc1C(=O)c1ccccc1.O=C(c1ccccc1)c1ccccc1CBr.[B]=NS.[C-]#[N+]/C(C#N)=N/[O-].[Na+]. The fraction of sp³-hybridized carbons (Fsp3) is 0.0625. The molecule has 0 aromatic heterocycles. The molecule has 0 aliphatic heterocycles. The molecule has 0 unspecified atom stereocenters. The third kappa shape index (κ3) is 18.9. The molecule has 12 nitrogen and oxygen atoms in total. The van der Waals surface area contributed by atoms with E-state index in [1.54, 1.807) is 60.7 Å². The molecule has 1 radical (unpaired) electrons. The van der Waals surface area contributed by atoms with Crippen LogP contribution in [0.3, 0.4) is 0 Å². The second-order valence-corrected chi connectivity index (χ2v) is 12.8. The van der Waals surface area contributed by atoms with Crippen molar-refractivity contribution >= 4 is 65.3 Å². The van der Waals surface area contributed by atoms with Gasteiger partial charge in [-0.2, -0.15) is 10.5 Å². The number of carbonyl (C=O) groups is 3. The number of halogens is 1. The zero-order valence-electron chi connectivity index (χ0n) is 34.6. The van der Waals surface area contributed by atoms with Gasteiger partial charge in [0, 0.05) is 44.3 Å². The van der Waals surface area contributed by atoms with E-state index < -0.39 is 5.84 Å². The number of alkyl halides is 1. The van der Waals surface area contributed by atoms with Gasteiger partial charge < -0.3 is 14.9 Å². The van der Waals surface area contributed by atoms with Crippen LogP contribution in [0.2, 0.25) is 0 Å². The van der Waals surface area contributed by atoms with Gasteiger partial charge in [-0.3, -0.25) is 14.4 Å². The molecule has 0 saturated heterocycles. The summed E-state index contributed by atoms with van der Waals surface area (Å²) in [7, 11) is 4.34. The third-order valence-electron chi connectivity index (χ3n) is 8.05. The van der Waals surface area contributed by atoms with Gasteiger partial charge in [-0.05, 0) is 18.1 Å². The maximum Gasteiger partial charge on any atom is 1.00 e. The van der Waals surface area contributed by atoms with Crippen molar-refractivity contribution in [2.75, 3.05) is 0 Å². The number of aryl methyl sites for hydroxylation is 1. The molecule has 0 saturated carbocycles. The molecule has 6 aromatic rings. The minimum atomic E-state index is -0.653. The molecule has 64 heavy (non-hydrogen) atoms. The van der Waals surface area contributed by atoms with Crippen molar-refractivity contribution < 1.29 is 48.8 Å². The van der Waals surface area contributed by atoms with Gasteiger partial charge in [0.25, 0.3) is 5.71 Å². The Morgan fingerprint density at radius 2 is 1.02 bits per heavy atom. The van der Waals surface area contributed by atoms with E-state index in [-0.39, 0.29) is 59.2 Å². The number of nitriles is 3. The van der Waals surface area contributed by atoms with Gasteiger partial charge in [-0.15, -0.1) is 5.16 Å². The zero-order chi connectivity index (χ0) is 46.2. The van der Waals surface area contributed by atoms with Gasteiger partial charge in [0.1, 0.15) is 24.8 Å². The van der Waals surface area contributed by atoms with E-state index in [0.29, 0.717) is 22.0 Å². The fourth-order valence-electron chi connectivity index (χ4n) is 5.09. The van der Waals surface area contributed by atoms with Crippen molar-refractivity contribution in [2.24, 2.45) is 14.6 Å². The molecule has 309 valence electrons. The zero-order valence-corrected chi connectivity index (χ0v) is 39.1. The Balaban J connectivity index is 0.000000437. The second kappa shape index (κ2) is 32.6. The van der Waals surface area contributed by atoms with Gasteiger partial charge in [0.2, 0.25) is 0 Å². The van der Waals surface area contributed by atoms with E-state index in [1.165, 1.54) is 6.07 Å². The summed E-state index contributed by atoms with van der Waals surface area (Å²) in [6.45, 7) is 7.99. The van der Waals surface area contributed by atoms with Crippen LogP contribution < -0.4 is 29.6 Å². The van der Waals surface area contributed by atoms with Crippen molar-refractivity contribution in [3.05, 3.63) is 230 Å². The van der Waals surface area contributed by atoms with Crippen LogP contribution in [-0.4, -0.2) is 36.5 Å². The largest absolute Gasteiger partial charge is 1.00 e.